The number of halogens is 3. The van der Waals surface area contributed by atoms with Crippen molar-refractivity contribution in [1.82, 2.24) is 4.98 Å². The Hall–Kier alpha value is -2.80. The van der Waals surface area contributed by atoms with Crippen molar-refractivity contribution in [3.63, 3.8) is 0 Å². The molecule has 1 aromatic heterocycles. The number of sulfonamides is 1. The van der Waals surface area contributed by atoms with Gasteiger partial charge in [-0.1, -0.05) is 17.7 Å². The number of hydrogen-bond acceptors (Lipinski definition) is 7. The van der Waals surface area contributed by atoms with E-state index in [2.05, 4.69) is 10.3 Å². The number of thiazole rings is 1. The van der Waals surface area contributed by atoms with Gasteiger partial charge in [0.05, 0.1) is 28.9 Å². The van der Waals surface area contributed by atoms with E-state index in [0.717, 1.165) is 29.0 Å². The van der Waals surface area contributed by atoms with Crippen LogP contribution in [-0.2, 0) is 21.4 Å². The third-order valence-corrected chi connectivity index (χ3v) is 7.13. The minimum atomic E-state index is -4.88. The first-order valence-electron chi connectivity index (χ1n) is 9.25. The fraction of sp³-hybridized carbons (Fsp3) is 0.200. The molecule has 33 heavy (non-hydrogen) atoms. The second-order valence-corrected chi connectivity index (χ2v) is 9.70. The highest BCUT2D eigenvalue weighted by molar-refractivity contribution is 7.93. The van der Waals surface area contributed by atoms with Gasteiger partial charge in [0.15, 0.2) is 5.82 Å². The summed E-state index contributed by atoms with van der Waals surface area (Å²) in [6.45, 7) is 1.88. The van der Waals surface area contributed by atoms with E-state index < -0.39 is 44.5 Å². The molecule has 1 atom stereocenters. The van der Waals surface area contributed by atoms with Gasteiger partial charge in [0.25, 0.3) is 10.0 Å². The molecule has 3 rings (SSSR count). The van der Waals surface area contributed by atoms with Crippen LogP contribution < -0.4 is 9.62 Å². The van der Waals surface area contributed by atoms with E-state index in [-0.39, 0.29) is 27.2 Å². The van der Waals surface area contributed by atoms with Crippen molar-refractivity contribution < 1.29 is 31.8 Å². The lowest BCUT2D eigenvalue weighted by Crippen LogP contribution is -2.36. The van der Waals surface area contributed by atoms with Crippen LogP contribution in [0.1, 0.15) is 24.1 Å². The lowest BCUT2D eigenvalue weighted by Gasteiger charge is -2.20. The molecule has 1 amide bonds. The van der Waals surface area contributed by atoms with Gasteiger partial charge in [-0.15, -0.1) is 15.6 Å². The number of anilines is 2. The van der Waals surface area contributed by atoms with Crippen molar-refractivity contribution in [1.29, 1.82) is 0 Å². The van der Waals surface area contributed by atoms with Gasteiger partial charge < -0.3 is 15.2 Å². The van der Waals surface area contributed by atoms with Gasteiger partial charge in [0.1, 0.15) is 16.5 Å². The van der Waals surface area contributed by atoms with Gasteiger partial charge in [-0.25, -0.2) is 27.0 Å². The molecule has 0 fully saturated rings. The van der Waals surface area contributed by atoms with Crippen molar-refractivity contribution in [3.8, 4) is 0 Å². The number of amides is 1. The Morgan fingerprint density at radius 1 is 1.30 bits per heavy atom. The number of nitrogens with one attached hydrogen (secondary N) is 1. The molecular formula is C20H18ClF2N3O5S2. The number of hydrogen-bond donors (Lipinski definition) is 2. The van der Waals surface area contributed by atoms with Gasteiger partial charge >= 0.3 is 6.09 Å². The molecule has 8 nitrogen and oxygen atoms in total. The third-order valence-electron chi connectivity index (χ3n) is 4.55. The van der Waals surface area contributed by atoms with E-state index in [1.54, 1.807) is 19.1 Å². The van der Waals surface area contributed by atoms with Crippen molar-refractivity contribution in [2.24, 2.45) is 0 Å². The zero-order valence-electron chi connectivity index (χ0n) is 17.3. The fourth-order valence-electron chi connectivity index (χ4n) is 3.06. The molecule has 13 heteroatoms. The normalized spacial score (nSPS) is 12.4. The topological polar surface area (TPSA) is 109 Å². The summed E-state index contributed by atoms with van der Waals surface area (Å²) in [6.07, 6.45) is -1.86. The lowest BCUT2D eigenvalue weighted by molar-refractivity contribution is 0.184. The number of rotatable bonds is 8. The number of carbonyl (C=O) groups is 1. The Balaban J connectivity index is 1.95. The SMILES string of the molecule is COCc1ccc(F)c(C(C)Nc2cc(F)c(S(=O)(=O)N(C(=O)O)c3cscn3)cc2Cl)c1. The minimum absolute atomic E-state index is 0.00676. The number of methoxy groups -OCH3 is 1. The molecule has 0 aliphatic heterocycles. The summed E-state index contributed by atoms with van der Waals surface area (Å²) in [4.78, 5) is 14.3. The molecule has 0 saturated carbocycles. The van der Waals surface area contributed by atoms with Crippen LogP contribution in [0.4, 0.5) is 25.1 Å². The Bertz CT molecular complexity index is 1270. The molecule has 0 bridgehead atoms. The van der Waals surface area contributed by atoms with Crippen LogP contribution in [0.2, 0.25) is 5.02 Å². The van der Waals surface area contributed by atoms with Crippen molar-refractivity contribution in [3.05, 3.63) is 69.0 Å². The van der Waals surface area contributed by atoms with Gasteiger partial charge in [-0.05, 0) is 36.8 Å². The van der Waals surface area contributed by atoms with Crippen molar-refractivity contribution >= 4 is 50.6 Å². The molecule has 0 spiro atoms. The summed E-state index contributed by atoms with van der Waals surface area (Å²) in [5.74, 6) is -2.15. The molecule has 2 N–H and O–H groups in total. The highest BCUT2D eigenvalue weighted by atomic mass is 35.5. The maximum atomic E-state index is 14.9. The van der Waals surface area contributed by atoms with Crippen LogP contribution in [0.5, 0.6) is 0 Å². The molecule has 1 unspecified atom stereocenters. The quantitative estimate of drug-likeness (QED) is 0.419. The summed E-state index contributed by atoms with van der Waals surface area (Å²) >= 11 is 7.15. The van der Waals surface area contributed by atoms with E-state index >= 15 is 0 Å². The highest BCUT2D eigenvalue weighted by Gasteiger charge is 2.35. The maximum Gasteiger partial charge on any atom is 0.427 e. The molecule has 2 aromatic carbocycles. The van der Waals surface area contributed by atoms with Crippen LogP contribution in [0.15, 0.2) is 46.1 Å². The smallest absolute Gasteiger partial charge is 0.427 e. The number of benzene rings is 2. The highest BCUT2D eigenvalue weighted by Crippen LogP contribution is 2.34. The predicted octanol–water partition coefficient (Wildman–Crippen LogP) is 5.27. The van der Waals surface area contributed by atoms with Crippen LogP contribution in [0.25, 0.3) is 0 Å². The summed E-state index contributed by atoms with van der Waals surface area (Å²) < 4.78 is 60.0. The van der Waals surface area contributed by atoms with Gasteiger partial charge in [-0.2, -0.15) is 0 Å². The first-order chi connectivity index (χ1) is 15.6. The van der Waals surface area contributed by atoms with Crippen molar-refractivity contribution in [2.75, 3.05) is 16.7 Å². The van der Waals surface area contributed by atoms with Crippen LogP contribution >= 0.6 is 22.9 Å². The first-order valence-corrected chi connectivity index (χ1v) is 12.0. The van der Waals surface area contributed by atoms with E-state index in [0.29, 0.717) is 0 Å². The average molecular weight is 518 g/mol. The summed E-state index contributed by atoms with van der Waals surface area (Å²) in [5, 5.41) is 13.2. The number of carboxylic acid groups (broad SMARTS) is 1. The van der Waals surface area contributed by atoms with Crippen LogP contribution in [0.3, 0.4) is 0 Å². The maximum absolute atomic E-state index is 14.9. The second-order valence-electron chi connectivity index (χ2n) is 6.82. The van der Waals surface area contributed by atoms with E-state index in [1.165, 1.54) is 24.1 Å². The van der Waals surface area contributed by atoms with Crippen LogP contribution in [-0.4, -0.2) is 31.7 Å². The van der Waals surface area contributed by atoms with Crippen molar-refractivity contribution in [2.45, 2.75) is 24.5 Å². The molecule has 0 radical (unpaired) electrons. The molecule has 0 aliphatic rings. The number of aromatic nitrogens is 1. The summed E-state index contributed by atoms with van der Waals surface area (Å²) in [6, 6.07) is 5.35. The van der Waals surface area contributed by atoms with E-state index in [9.17, 15) is 27.1 Å². The molecule has 1 heterocycles. The zero-order valence-corrected chi connectivity index (χ0v) is 19.6. The Morgan fingerprint density at radius 2 is 2.03 bits per heavy atom. The molecular weight excluding hydrogens is 500 g/mol. The molecule has 0 aliphatic carbocycles. The van der Waals surface area contributed by atoms with Gasteiger partial charge in [0.2, 0.25) is 0 Å². The van der Waals surface area contributed by atoms with Gasteiger partial charge in [-0.3, -0.25) is 0 Å². The van der Waals surface area contributed by atoms with Gasteiger partial charge in [0, 0.05) is 18.1 Å². The Labute approximate surface area is 197 Å². The minimum Gasteiger partial charge on any atom is -0.464 e. The average Bonchev–Trinajstić information content (AvgIpc) is 3.25. The van der Waals surface area contributed by atoms with E-state index in [1.807, 2.05) is 0 Å². The molecule has 3 aromatic rings. The largest absolute Gasteiger partial charge is 0.464 e. The second kappa shape index (κ2) is 10.00. The Morgan fingerprint density at radius 3 is 2.64 bits per heavy atom. The van der Waals surface area contributed by atoms with E-state index in [4.69, 9.17) is 16.3 Å². The summed E-state index contributed by atoms with van der Waals surface area (Å²) in [7, 11) is -3.37. The van der Waals surface area contributed by atoms with Crippen LogP contribution in [0, 0.1) is 11.6 Å². The monoisotopic (exact) mass is 517 g/mol. The zero-order chi connectivity index (χ0) is 24.3. The predicted molar refractivity (Wildman–Crippen MR) is 120 cm³/mol. The standard InChI is InChI=1S/C20H18ClF2N3O5S2/c1-11(13-5-12(8-31-2)3-4-15(13)22)25-17-7-16(23)18(6-14(17)21)33(29,30)26(20(27)28)19-9-32-10-24-19/h3-7,9-11,25H,8H2,1-2H3,(H,27,28). The number of nitrogens with zero attached hydrogens (tertiary/aromatic N) is 2. The molecule has 0 saturated heterocycles. The first kappa shape index (κ1) is 24.8. The number of ether oxygens (including phenoxy) is 1. The fourth-order valence-corrected chi connectivity index (χ4v) is 5.25. The third kappa shape index (κ3) is 5.24. The Kier molecular flexibility index (Phi) is 7.52. The molecule has 176 valence electrons. The summed E-state index contributed by atoms with van der Waals surface area (Å²) in [5.41, 5.74) is 2.21. The lowest BCUT2D eigenvalue weighted by atomic mass is 10.0.